The van der Waals surface area contributed by atoms with Crippen molar-refractivity contribution in [1.29, 1.82) is 0 Å². The fourth-order valence-corrected chi connectivity index (χ4v) is 6.49. The number of fused-ring (bicyclic) bond motifs is 5. The van der Waals surface area contributed by atoms with Gasteiger partial charge in [0.1, 0.15) is 40.8 Å². The summed E-state index contributed by atoms with van der Waals surface area (Å²) in [5.41, 5.74) is -1.71. The number of nitrogens with one attached hydrogen (secondary N) is 1. The van der Waals surface area contributed by atoms with E-state index in [1.807, 2.05) is 0 Å². The van der Waals surface area contributed by atoms with Crippen molar-refractivity contribution in [3.63, 3.8) is 0 Å². The average Bonchev–Trinajstić information content (AvgIpc) is 3.71. The van der Waals surface area contributed by atoms with Crippen LogP contribution < -0.4 is 15.0 Å². The average molecular weight is 693 g/mol. The monoisotopic (exact) mass is 692 g/mol. The first-order valence-electron chi connectivity index (χ1n) is 15.7. The number of epoxide rings is 1. The number of anilines is 1. The molecule has 0 aliphatic carbocycles. The number of carbonyl (C=O) groups excluding carboxylic acids is 4. The van der Waals surface area contributed by atoms with E-state index in [0.717, 1.165) is 0 Å². The van der Waals surface area contributed by atoms with Crippen LogP contribution >= 0.6 is 11.6 Å². The number of rotatable bonds is 5. The predicted molar refractivity (Wildman–Crippen MR) is 174 cm³/mol. The highest BCUT2D eigenvalue weighted by Gasteiger charge is 2.64. The Morgan fingerprint density at radius 1 is 1.19 bits per heavy atom. The van der Waals surface area contributed by atoms with Gasteiger partial charge in [-0.1, -0.05) is 50.6 Å². The molecular formula is C34H45ClN2O11. The molecule has 1 aromatic rings. The summed E-state index contributed by atoms with van der Waals surface area (Å²) in [6, 6.07) is 3.23. The molecule has 0 spiro atoms. The standard InChI is InChI=1S/C34H45ClN2O11/c1-17(2)31(40)47-26-15-27(39)37(7)22-13-21(14-23(43-8)28(22)35)29(45-20(5)38)18(3)11-10-12-25(44-9)34(42)16-24(46-32(41)36-34)19(4)30-33(26,6)48-30/h10-14,17,19,24-26,29-30,42H,15-16H2,1-9H3,(H,36,41)/t19-,24+,25-,26+,29-,30+,33-,34+/m1/s1. The van der Waals surface area contributed by atoms with E-state index >= 15 is 0 Å². The summed E-state index contributed by atoms with van der Waals surface area (Å²) in [7, 11) is 4.34. The normalized spacial score (nSPS) is 32.4. The zero-order chi connectivity index (χ0) is 35.7. The van der Waals surface area contributed by atoms with E-state index < -0.39 is 77.6 Å². The number of alkyl carbamates (subject to hydrolysis) is 1. The molecule has 4 bridgehead atoms. The number of aliphatic hydroxyl groups is 1. The minimum absolute atomic E-state index is 0.0697. The molecule has 2 N–H and O–H groups in total. The maximum absolute atomic E-state index is 14.0. The van der Waals surface area contributed by atoms with Crippen molar-refractivity contribution in [2.24, 2.45) is 11.8 Å². The number of allylic oxidation sites excluding steroid dienone is 2. The molecule has 3 aliphatic rings. The minimum Gasteiger partial charge on any atom is -0.495 e. The molecule has 2 saturated heterocycles. The molecule has 3 aliphatic heterocycles. The van der Waals surface area contributed by atoms with Crippen LogP contribution in [0.2, 0.25) is 5.02 Å². The summed E-state index contributed by atoms with van der Waals surface area (Å²) in [6.45, 7) is 9.90. The number of carbonyl (C=O) groups is 4. The van der Waals surface area contributed by atoms with Crippen LogP contribution in [0.5, 0.6) is 5.75 Å². The Labute approximate surface area is 285 Å². The molecule has 0 radical (unpaired) electrons. The third-order valence-electron chi connectivity index (χ3n) is 9.14. The predicted octanol–water partition coefficient (Wildman–Crippen LogP) is 4.39. The van der Waals surface area contributed by atoms with Gasteiger partial charge in [-0.15, -0.1) is 0 Å². The van der Waals surface area contributed by atoms with E-state index in [0.29, 0.717) is 11.1 Å². The zero-order valence-electron chi connectivity index (χ0n) is 28.7. The Morgan fingerprint density at radius 2 is 1.88 bits per heavy atom. The summed E-state index contributed by atoms with van der Waals surface area (Å²) in [5.74, 6) is -2.30. The third kappa shape index (κ3) is 7.64. The van der Waals surface area contributed by atoms with Gasteiger partial charge in [0.15, 0.2) is 5.72 Å². The first-order chi connectivity index (χ1) is 22.4. The van der Waals surface area contributed by atoms with Gasteiger partial charge in [0.05, 0.1) is 31.2 Å². The van der Waals surface area contributed by atoms with E-state index in [4.69, 9.17) is 40.0 Å². The molecule has 2 fully saturated rings. The maximum Gasteiger partial charge on any atom is 0.409 e. The highest BCUT2D eigenvalue weighted by Crippen LogP contribution is 2.49. The van der Waals surface area contributed by atoms with Crippen molar-refractivity contribution in [3.8, 4) is 5.75 Å². The number of halogens is 1. The maximum atomic E-state index is 14.0. The summed E-state index contributed by atoms with van der Waals surface area (Å²) >= 11 is 6.73. The molecule has 0 unspecified atom stereocenters. The fourth-order valence-electron chi connectivity index (χ4n) is 6.18. The Balaban J connectivity index is 1.88. The summed E-state index contributed by atoms with van der Waals surface area (Å²) in [4.78, 5) is 53.2. The number of nitrogens with zero attached hydrogens (tertiary/aromatic N) is 1. The number of ether oxygens (including phenoxy) is 6. The summed E-state index contributed by atoms with van der Waals surface area (Å²) in [5, 5.41) is 14.3. The van der Waals surface area contributed by atoms with Crippen LogP contribution in [-0.2, 0) is 38.1 Å². The molecule has 13 nitrogen and oxygen atoms in total. The molecule has 3 heterocycles. The van der Waals surface area contributed by atoms with Gasteiger partial charge in [-0.3, -0.25) is 19.7 Å². The van der Waals surface area contributed by atoms with Gasteiger partial charge in [-0.25, -0.2) is 4.79 Å². The van der Waals surface area contributed by atoms with Gasteiger partial charge in [0.25, 0.3) is 0 Å². The Morgan fingerprint density at radius 3 is 2.48 bits per heavy atom. The van der Waals surface area contributed by atoms with Crippen molar-refractivity contribution in [1.82, 2.24) is 5.32 Å². The number of hydrogen-bond acceptors (Lipinski definition) is 11. The van der Waals surface area contributed by atoms with E-state index in [-0.39, 0.29) is 29.3 Å². The molecule has 8 atom stereocenters. The van der Waals surface area contributed by atoms with Gasteiger partial charge in [0.2, 0.25) is 5.91 Å². The fraction of sp³-hybridized carbons (Fsp3) is 0.588. The quantitative estimate of drug-likeness (QED) is 0.256. The Hall–Kier alpha value is -3.65. The minimum atomic E-state index is -1.87. The second-order valence-electron chi connectivity index (χ2n) is 13.0. The van der Waals surface area contributed by atoms with Crippen LogP contribution in [0.1, 0.15) is 66.1 Å². The van der Waals surface area contributed by atoms with Gasteiger partial charge in [-0.05, 0) is 31.6 Å². The number of amides is 2. The lowest BCUT2D eigenvalue weighted by Crippen LogP contribution is -2.63. The second-order valence-corrected chi connectivity index (χ2v) is 13.4. The summed E-state index contributed by atoms with van der Waals surface area (Å²) < 4.78 is 34.5. The van der Waals surface area contributed by atoms with Gasteiger partial charge < -0.3 is 38.4 Å². The molecule has 1 aromatic carbocycles. The lowest BCUT2D eigenvalue weighted by molar-refractivity contribution is -0.157. The largest absolute Gasteiger partial charge is 0.495 e. The van der Waals surface area contributed by atoms with E-state index in [1.54, 1.807) is 65.0 Å². The lowest BCUT2D eigenvalue weighted by atomic mass is 9.83. The number of hydrogen-bond donors (Lipinski definition) is 2. The first kappa shape index (κ1) is 37.2. The molecule has 2 amide bonds. The molecule has 48 heavy (non-hydrogen) atoms. The van der Waals surface area contributed by atoms with E-state index in [2.05, 4.69) is 5.32 Å². The topological polar surface area (TPSA) is 162 Å². The zero-order valence-corrected chi connectivity index (χ0v) is 29.5. The van der Waals surface area contributed by atoms with Crippen LogP contribution in [0.3, 0.4) is 0 Å². The van der Waals surface area contributed by atoms with Crippen LogP contribution in [-0.4, -0.2) is 86.1 Å². The number of benzene rings is 1. The Kier molecular flexibility index (Phi) is 11.2. The van der Waals surface area contributed by atoms with Crippen molar-refractivity contribution in [2.75, 3.05) is 26.2 Å². The molecular weight excluding hydrogens is 648 g/mol. The van der Waals surface area contributed by atoms with Crippen molar-refractivity contribution in [3.05, 3.63) is 46.5 Å². The second kappa shape index (κ2) is 14.5. The smallest absolute Gasteiger partial charge is 0.409 e. The van der Waals surface area contributed by atoms with Crippen LogP contribution in [0, 0.1) is 11.8 Å². The van der Waals surface area contributed by atoms with Crippen LogP contribution in [0.4, 0.5) is 10.5 Å². The Bertz CT molecular complexity index is 1500. The lowest BCUT2D eigenvalue weighted by Gasteiger charge is -2.42. The number of esters is 2. The first-order valence-corrected chi connectivity index (χ1v) is 16.1. The highest BCUT2D eigenvalue weighted by molar-refractivity contribution is 6.35. The highest BCUT2D eigenvalue weighted by atomic mass is 35.5. The molecule has 0 aromatic heterocycles. The SMILES string of the molecule is COc1cc2cc(c1Cl)N(C)C(=O)C[C@H](OC(=O)C(C)C)[C@@]1(C)O[C@H]1[C@H](C)[C@@H]1C[C@@](O)(NC(=O)O1)[C@H](OC)C=CC=C(C)[C@H]2OC(C)=O. The molecule has 264 valence electrons. The van der Waals surface area contributed by atoms with Gasteiger partial charge in [0, 0.05) is 39.0 Å². The van der Waals surface area contributed by atoms with Crippen molar-refractivity contribution >= 4 is 41.2 Å². The molecule has 4 rings (SSSR count). The van der Waals surface area contributed by atoms with E-state index in [9.17, 15) is 24.3 Å². The van der Waals surface area contributed by atoms with Crippen LogP contribution in [0.25, 0.3) is 0 Å². The number of methoxy groups -OCH3 is 2. The van der Waals surface area contributed by atoms with Gasteiger partial charge in [-0.2, -0.15) is 0 Å². The molecule has 14 heteroatoms. The van der Waals surface area contributed by atoms with Crippen molar-refractivity contribution < 1.29 is 52.7 Å². The van der Waals surface area contributed by atoms with E-state index in [1.165, 1.54) is 33.1 Å². The summed E-state index contributed by atoms with van der Waals surface area (Å²) in [6.07, 6.45) is -0.776. The third-order valence-corrected chi connectivity index (χ3v) is 9.52. The van der Waals surface area contributed by atoms with Crippen molar-refractivity contribution in [2.45, 2.75) is 96.2 Å². The van der Waals surface area contributed by atoms with Crippen LogP contribution in [0.15, 0.2) is 35.9 Å². The molecule has 0 saturated carbocycles. The van der Waals surface area contributed by atoms with Gasteiger partial charge >= 0.3 is 18.0 Å².